The number of amides is 1. The van der Waals surface area contributed by atoms with Gasteiger partial charge in [-0.1, -0.05) is 30.3 Å². The Balaban J connectivity index is 2.19. The van der Waals surface area contributed by atoms with Crippen LogP contribution in [0.4, 0.5) is 4.79 Å². The van der Waals surface area contributed by atoms with Gasteiger partial charge in [0.15, 0.2) is 0 Å². The molecular formula is C11H16N2O2. The molecule has 4 nitrogen and oxygen atoms in total. The Kier molecular flexibility index (Phi) is 4.63. The molecule has 3 N–H and O–H groups in total. The largest absolute Gasteiger partial charge is 0.465 e. The Bertz CT molecular complexity index is 301. The summed E-state index contributed by atoms with van der Waals surface area (Å²) in [6, 6.07) is 9.92. The van der Waals surface area contributed by atoms with Crippen molar-refractivity contribution in [2.45, 2.75) is 19.5 Å². The highest BCUT2D eigenvalue weighted by atomic mass is 16.4. The molecule has 0 aliphatic heterocycles. The second-order valence-corrected chi connectivity index (χ2v) is 3.47. The van der Waals surface area contributed by atoms with Gasteiger partial charge in [-0.05, 0) is 12.5 Å². The van der Waals surface area contributed by atoms with E-state index < -0.39 is 6.09 Å². The number of benzene rings is 1. The van der Waals surface area contributed by atoms with Gasteiger partial charge in [-0.25, -0.2) is 4.79 Å². The van der Waals surface area contributed by atoms with Crippen molar-refractivity contribution in [2.24, 2.45) is 0 Å². The Hall–Kier alpha value is -1.55. The summed E-state index contributed by atoms with van der Waals surface area (Å²) in [6.45, 7) is 3.21. The second kappa shape index (κ2) is 6.03. The van der Waals surface area contributed by atoms with Crippen molar-refractivity contribution in [3.63, 3.8) is 0 Å². The highest BCUT2D eigenvalue weighted by Gasteiger charge is 2.03. The average Bonchev–Trinajstić information content (AvgIpc) is 2.18. The summed E-state index contributed by atoms with van der Waals surface area (Å²) >= 11 is 0. The van der Waals surface area contributed by atoms with Crippen LogP contribution in [-0.2, 0) is 6.54 Å². The first-order valence-corrected chi connectivity index (χ1v) is 4.92. The van der Waals surface area contributed by atoms with Crippen molar-refractivity contribution >= 4 is 6.09 Å². The van der Waals surface area contributed by atoms with Crippen LogP contribution in [0.25, 0.3) is 0 Å². The van der Waals surface area contributed by atoms with Gasteiger partial charge >= 0.3 is 6.09 Å². The molecule has 0 aliphatic carbocycles. The molecule has 0 spiro atoms. The summed E-state index contributed by atoms with van der Waals surface area (Å²) in [5, 5.41) is 14.0. The second-order valence-electron chi connectivity index (χ2n) is 3.47. The fraction of sp³-hybridized carbons (Fsp3) is 0.364. The summed E-state index contributed by atoms with van der Waals surface area (Å²) in [5.74, 6) is 0. The predicted molar refractivity (Wildman–Crippen MR) is 58.8 cm³/mol. The Labute approximate surface area is 89.3 Å². The quantitative estimate of drug-likeness (QED) is 0.686. The van der Waals surface area contributed by atoms with E-state index in [1.165, 1.54) is 5.56 Å². The maximum absolute atomic E-state index is 10.3. The van der Waals surface area contributed by atoms with E-state index in [0.717, 1.165) is 6.54 Å². The van der Waals surface area contributed by atoms with Gasteiger partial charge in [0.1, 0.15) is 0 Å². The highest BCUT2D eigenvalue weighted by Crippen LogP contribution is 1.96. The van der Waals surface area contributed by atoms with E-state index in [-0.39, 0.29) is 6.04 Å². The van der Waals surface area contributed by atoms with Gasteiger partial charge in [-0.2, -0.15) is 0 Å². The summed E-state index contributed by atoms with van der Waals surface area (Å²) in [4.78, 5) is 10.3. The van der Waals surface area contributed by atoms with Gasteiger partial charge in [-0.15, -0.1) is 0 Å². The zero-order chi connectivity index (χ0) is 11.1. The lowest BCUT2D eigenvalue weighted by molar-refractivity contribution is 0.190. The van der Waals surface area contributed by atoms with Gasteiger partial charge < -0.3 is 15.7 Å². The first-order chi connectivity index (χ1) is 7.18. The molecule has 15 heavy (non-hydrogen) atoms. The molecule has 1 aromatic carbocycles. The van der Waals surface area contributed by atoms with Crippen LogP contribution in [0.1, 0.15) is 12.5 Å². The maximum Gasteiger partial charge on any atom is 0.404 e. The van der Waals surface area contributed by atoms with E-state index in [2.05, 4.69) is 10.6 Å². The Morgan fingerprint density at radius 2 is 2.07 bits per heavy atom. The number of hydrogen-bond acceptors (Lipinski definition) is 2. The molecule has 1 amide bonds. The Morgan fingerprint density at radius 3 is 2.67 bits per heavy atom. The molecule has 0 saturated carbocycles. The van der Waals surface area contributed by atoms with Gasteiger partial charge in [-0.3, -0.25) is 0 Å². The zero-order valence-electron chi connectivity index (χ0n) is 8.73. The normalized spacial score (nSPS) is 12.1. The Morgan fingerprint density at radius 1 is 1.40 bits per heavy atom. The van der Waals surface area contributed by atoms with E-state index in [0.29, 0.717) is 6.54 Å². The summed E-state index contributed by atoms with van der Waals surface area (Å²) in [6.07, 6.45) is -0.982. The van der Waals surface area contributed by atoms with Crippen molar-refractivity contribution in [2.75, 3.05) is 6.54 Å². The van der Waals surface area contributed by atoms with Crippen LogP contribution in [0, 0.1) is 0 Å². The first kappa shape index (κ1) is 11.5. The molecule has 0 saturated heterocycles. The van der Waals surface area contributed by atoms with Crippen molar-refractivity contribution < 1.29 is 9.90 Å². The minimum atomic E-state index is -0.982. The van der Waals surface area contributed by atoms with Crippen molar-refractivity contribution in [1.82, 2.24) is 10.6 Å². The molecule has 0 heterocycles. The van der Waals surface area contributed by atoms with E-state index in [1.54, 1.807) is 0 Å². The van der Waals surface area contributed by atoms with Crippen LogP contribution in [0.3, 0.4) is 0 Å². The monoisotopic (exact) mass is 208 g/mol. The molecule has 82 valence electrons. The molecule has 0 unspecified atom stereocenters. The van der Waals surface area contributed by atoms with Crippen LogP contribution in [0.15, 0.2) is 30.3 Å². The number of nitrogens with one attached hydrogen (secondary N) is 2. The zero-order valence-corrected chi connectivity index (χ0v) is 8.73. The molecule has 4 heteroatoms. The smallest absolute Gasteiger partial charge is 0.404 e. The van der Waals surface area contributed by atoms with Crippen LogP contribution >= 0.6 is 0 Å². The van der Waals surface area contributed by atoms with Gasteiger partial charge in [0.05, 0.1) is 0 Å². The van der Waals surface area contributed by atoms with Gasteiger partial charge in [0, 0.05) is 19.1 Å². The molecule has 0 bridgehead atoms. The lowest BCUT2D eigenvalue weighted by Gasteiger charge is -2.12. The first-order valence-electron chi connectivity index (χ1n) is 4.92. The van der Waals surface area contributed by atoms with E-state index in [1.807, 2.05) is 37.3 Å². The molecule has 1 atom stereocenters. The van der Waals surface area contributed by atoms with Gasteiger partial charge in [0.25, 0.3) is 0 Å². The third-order valence-corrected chi connectivity index (χ3v) is 1.99. The van der Waals surface area contributed by atoms with E-state index >= 15 is 0 Å². The molecule has 0 aliphatic rings. The predicted octanol–water partition coefficient (Wildman–Crippen LogP) is 1.43. The molecule has 0 radical (unpaired) electrons. The molecule has 1 aromatic rings. The van der Waals surface area contributed by atoms with Crippen LogP contribution in [0.2, 0.25) is 0 Å². The fourth-order valence-electron chi connectivity index (χ4n) is 1.29. The third kappa shape index (κ3) is 5.02. The van der Waals surface area contributed by atoms with Crippen LogP contribution in [0.5, 0.6) is 0 Å². The third-order valence-electron chi connectivity index (χ3n) is 1.99. The fourth-order valence-corrected chi connectivity index (χ4v) is 1.29. The van der Waals surface area contributed by atoms with Gasteiger partial charge in [0.2, 0.25) is 0 Å². The summed E-state index contributed by atoms with van der Waals surface area (Å²) in [5.41, 5.74) is 1.19. The number of carbonyl (C=O) groups is 1. The van der Waals surface area contributed by atoms with E-state index in [9.17, 15) is 4.79 Å². The minimum absolute atomic E-state index is 0.0776. The lowest BCUT2D eigenvalue weighted by atomic mass is 10.2. The standard InChI is InChI=1S/C11H16N2O2/c1-9(13-11(14)15)7-12-8-10-5-3-2-4-6-10/h2-6,9,12-13H,7-8H2,1H3,(H,14,15)/t9-/m0/s1. The number of rotatable bonds is 5. The maximum atomic E-state index is 10.3. The molecule has 1 rings (SSSR count). The van der Waals surface area contributed by atoms with Crippen LogP contribution in [-0.4, -0.2) is 23.8 Å². The molecular weight excluding hydrogens is 192 g/mol. The topological polar surface area (TPSA) is 61.4 Å². The number of carboxylic acid groups (broad SMARTS) is 1. The van der Waals surface area contributed by atoms with Crippen molar-refractivity contribution in [1.29, 1.82) is 0 Å². The molecule has 0 fully saturated rings. The summed E-state index contributed by atoms with van der Waals surface area (Å²) < 4.78 is 0. The average molecular weight is 208 g/mol. The number of hydrogen-bond donors (Lipinski definition) is 3. The minimum Gasteiger partial charge on any atom is -0.465 e. The highest BCUT2D eigenvalue weighted by molar-refractivity contribution is 5.64. The summed E-state index contributed by atoms with van der Waals surface area (Å²) in [7, 11) is 0. The van der Waals surface area contributed by atoms with Crippen LogP contribution < -0.4 is 10.6 Å². The van der Waals surface area contributed by atoms with Crippen molar-refractivity contribution in [3.05, 3.63) is 35.9 Å². The van der Waals surface area contributed by atoms with Crippen molar-refractivity contribution in [3.8, 4) is 0 Å². The lowest BCUT2D eigenvalue weighted by Crippen LogP contribution is -2.38. The SMILES string of the molecule is C[C@@H](CNCc1ccccc1)NC(=O)O. The molecule has 0 aromatic heterocycles. The van der Waals surface area contributed by atoms with E-state index in [4.69, 9.17) is 5.11 Å².